The molecule has 0 atom stereocenters. The Kier molecular flexibility index (Phi) is 10.5. The molecule has 2 saturated carbocycles. The summed E-state index contributed by atoms with van der Waals surface area (Å²) in [6.07, 6.45) is 14.5. The highest BCUT2D eigenvalue weighted by molar-refractivity contribution is 7.99. The van der Waals surface area contributed by atoms with Gasteiger partial charge in [-0.15, -0.1) is 0 Å². The van der Waals surface area contributed by atoms with E-state index in [2.05, 4.69) is 48.5 Å². The minimum atomic E-state index is -0.198. The molecule has 2 aliphatic carbocycles. The fraction of sp³-hybridized carbons (Fsp3) is 0.424. The van der Waals surface area contributed by atoms with Crippen LogP contribution in [0.2, 0.25) is 0 Å². The lowest BCUT2D eigenvalue weighted by Crippen LogP contribution is -2.04. The average molecular weight is 501 g/mol. The van der Waals surface area contributed by atoms with Crippen LogP contribution in [0, 0.1) is 0 Å². The van der Waals surface area contributed by atoms with E-state index >= 15 is 0 Å². The Morgan fingerprint density at radius 1 is 0.667 bits per heavy atom. The third-order valence-electron chi connectivity index (χ3n) is 7.41. The van der Waals surface area contributed by atoms with Crippen molar-refractivity contribution in [1.29, 1.82) is 0 Å². The first kappa shape index (κ1) is 26.5. The molecule has 0 amide bonds. The summed E-state index contributed by atoms with van der Waals surface area (Å²) < 4.78 is 4.92. The van der Waals surface area contributed by atoms with Gasteiger partial charge in [0.1, 0.15) is 5.75 Å². The van der Waals surface area contributed by atoms with Crippen LogP contribution in [-0.4, -0.2) is 5.97 Å². The van der Waals surface area contributed by atoms with Crippen LogP contribution in [0.3, 0.4) is 0 Å². The second-order valence-electron chi connectivity index (χ2n) is 10.1. The zero-order chi connectivity index (χ0) is 25.0. The summed E-state index contributed by atoms with van der Waals surface area (Å²) in [4.78, 5) is 13.5. The Bertz CT molecular complexity index is 972. The number of para-hydroxylation sites is 1. The molecule has 2 fully saturated rings. The number of rotatable bonds is 6. The molecule has 0 heterocycles. The van der Waals surface area contributed by atoms with E-state index in [-0.39, 0.29) is 5.97 Å². The Morgan fingerprint density at radius 3 is 1.53 bits per heavy atom. The molecule has 2 nitrogen and oxygen atoms in total. The highest BCUT2D eigenvalue weighted by atomic mass is 32.2. The van der Waals surface area contributed by atoms with Gasteiger partial charge in [-0.3, -0.25) is 4.79 Å². The molecule has 3 aromatic carbocycles. The predicted octanol–water partition coefficient (Wildman–Crippen LogP) is 9.94. The number of esters is 1. The summed E-state index contributed by atoms with van der Waals surface area (Å²) in [5.74, 6) is 2.03. The van der Waals surface area contributed by atoms with Crippen LogP contribution in [0.1, 0.15) is 101 Å². The van der Waals surface area contributed by atoms with Crippen molar-refractivity contribution in [3.05, 3.63) is 90.0 Å². The number of carbonyl (C=O) groups is 1. The Hall–Kier alpha value is -2.52. The van der Waals surface area contributed by atoms with Crippen LogP contribution in [0.4, 0.5) is 0 Å². The van der Waals surface area contributed by atoms with E-state index < -0.39 is 0 Å². The van der Waals surface area contributed by atoms with Crippen molar-refractivity contribution in [1.82, 2.24) is 0 Å². The van der Waals surface area contributed by atoms with Crippen molar-refractivity contribution in [3.8, 4) is 5.75 Å². The molecule has 0 aliphatic heterocycles. The van der Waals surface area contributed by atoms with Gasteiger partial charge in [0.15, 0.2) is 0 Å². The van der Waals surface area contributed by atoms with Gasteiger partial charge in [-0.2, -0.15) is 0 Å². The van der Waals surface area contributed by atoms with Crippen LogP contribution in [0.5, 0.6) is 5.75 Å². The SMILES string of the molecule is CCC(=O)Oc1ccccc1.c1cc(C2CCCCC2)ccc1Sc1ccc(C2CCCCC2)cc1. The first-order valence-electron chi connectivity index (χ1n) is 13.8. The molecule has 0 spiro atoms. The molecule has 0 N–H and O–H groups in total. The van der Waals surface area contributed by atoms with Crippen molar-refractivity contribution in [3.63, 3.8) is 0 Å². The van der Waals surface area contributed by atoms with Crippen LogP contribution in [0.15, 0.2) is 88.7 Å². The van der Waals surface area contributed by atoms with E-state index in [4.69, 9.17) is 4.74 Å². The van der Waals surface area contributed by atoms with Gasteiger partial charge in [-0.05, 0) is 85.0 Å². The Morgan fingerprint density at radius 2 is 1.11 bits per heavy atom. The third kappa shape index (κ3) is 8.27. The molecule has 0 saturated heterocycles. The Balaban J connectivity index is 0.000000233. The van der Waals surface area contributed by atoms with Crippen molar-refractivity contribution in [2.24, 2.45) is 0 Å². The van der Waals surface area contributed by atoms with Gasteiger partial charge < -0.3 is 4.74 Å². The number of hydrogen-bond donors (Lipinski definition) is 0. The topological polar surface area (TPSA) is 26.3 Å². The molecule has 0 unspecified atom stereocenters. The normalized spacial score (nSPS) is 16.6. The number of hydrogen-bond acceptors (Lipinski definition) is 3. The summed E-state index contributed by atoms with van der Waals surface area (Å²) in [5.41, 5.74) is 3.10. The number of ether oxygens (including phenoxy) is 1. The third-order valence-corrected chi connectivity index (χ3v) is 8.43. The molecule has 36 heavy (non-hydrogen) atoms. The first-order valence-corrected chi connectivity index (χ1v) is 14.7. The summed E-state index contributed by atoms with van der Waals surface area (Å²) in [6.45, 7) is 1.77. The minimum Gasteiger partial charge on any atom is -0.427 e. The van der Waals surface area contributed by atoms with Crippen molar-refractivity contribution in [2.75, 3.05) is 0 Å². The second kappa shape index (κ2) is 14.3. The lowest BCUT2D eigenvalue weighted by molar-refractivity contribution is -0.134. The van der Waals surface area contributed by atoms with Crippen molar-refractivity contribution >= 4 is 17.7 Å². The molecule has 0 radical (unpaired) electrons. The largest absolute Gasteiger partial charge is 0.427 e. The van der Waals surface area contributed by atoms with Crippen LogP contribution in [0.25, 0.3) is 0 Å². The van der Waals surface area contributed by atoms with Gasteiger partial charge >= 0.3 is 5.97 Å². The van der Waals surface area contributed by atoms with Gasteiger partial charge in [0.2, 0.25) is 0 Å². The number of benzene rings is 3. The molecule has 190 valence electrons. The van der Waals surface area contributed by atoms with Gasteiger partial charge in [0.25, 0.3) is 0 Å². The highest BCUT2D eigenvalue weighted by Crippen LogP contribution is 2.36. The molecular formula is C33H40O2S. The molecule has 3 heteroatoms. The van der Waals surface area contributed by atoms with Crippen LogP contribution in [-0.2, 0) is 4.79 Å². The van der Waals surface area contributed by atoms with E-state index in [1.54, 1.807) is 30.2 Å². The van der Waals surface area contributed by atoms with E-state index in [9.17, 15) is 4.79 Å². The summed E-state index contributed by atoms with van der Waals surface area (Å²) >= 11 is 1.90. The fourth-order valence-corrected chi connectivity index (χ4v) is 6.13. The summed E-state index contributed by atoms with van der Waals surface area (Å²) in [5, 5.41) is 0. The highest BCUT2D eigenvalue weighted by Gasteiger charge is 2.16. The van der Waals surface area contributed by atoms with Gasteiger partial charge in [-0.1, -0.05) is 99.7 Å². The second-order valence-corrected chi connectivity index (χ2v) is 11.2. The van der Waals surface area contributed by atoms with E-state index in [1.165, 1.54) is 74.0 Å². The fourth-order valence-electron chi connectivity index (χ4n) is 5.32. The first-order chi connectivity index (χ1) is 17.7. The van der Waals surface area contributed by atoms with Crippen LogP contribution < -0.4 is 4.74 Å². The Labute approximate surface area is 221 Å². The smallest absolute Gasteiger partial charge is 0.310 e. The molecule has 0 aromatic heterocycles. The van der Waals surface area contributed by atoms with Crippen LogP contribution >= 0.6 is 11.8 Å². The van der Waals surface area contributed by atoms with Crippen molar-refractivity contribution in [2.45, 2.75) is 99.2 Å². The average Bonchev–Trinajstić information content (AvgIpc) is 2.96. The standard InChI is InChI=1S/C24H30S.C9H10O2/c1-3-7-19(8-4-1)21-11-15-23(16-12-21)25-24-17-13-22(14-18-24)20-9-5-2-6-10-20;1-2-9(10)11-8-6-4-3-5-7-8/h11-20H,1-10H2;3-7H,2H2,1H3. The molecule has 3 aromatic rings. The van der Waals surface area contributed by atoms with E-state index in [0.29, 0.717) is 12.2 Å². The number of carbonyl (C=O) groups excluding carboxylic acids is 1. The lowest BCUT2D eigenvalue weighted by atomic mass is 9.84. The predicted molar refractivity (Wildman–Crippen MR) is 151 cm³/mol. The quantitative estimate of drug-likeness (QED) is 0.249. The molecule has 5 rings (SSSR count). The lowest BCUT2D eigenvalue weighted by Gasteiger charge is -2.22. The monoisotopic (exact) mass is 500 g/mol. The zero-order valence-electron chi connectivity index (χ0n) is 21.7. The van der Waals surface area contributed by atoms with Crippen molar-refractivity contribution < 1.29 is 9.53 Å². The van der Waals surface area contributed by atoms with E-state index in [0.717, 1.165) is 11.8 Å². The van der Waals surface area contributed by atoms with Gasteiger partial charge in [0.05, 0.1) is 0 Å². The minimum absolute atomic E-state index is 0.198. The maximum absolute atomic E-state index is 10.8. The maximum Gasteiger partial charge on any atom is 0.310 e. The summed E-state index contributed by atoms with van der Waals surface area (Å²) in [6, 6.07) is 27.8. The molecule has 0 bridgehead atoms. The van der Waals surface area contributed by atoms with Gasteiger partial charge in [0, 0.05) is 16.2 Å². The summed E-state index contributed by atoms with van der Waals surface area (Å²) in [7, 11) is 0. The maximum atomic E-state index is 10.8. The molecule has 2 aliphatic rings. The zero-order valence-corrected chi connectivity index (χ0v) is 22.5. The van der Waals surface area contributed by atoms with E-state index in [1.807, 2.05) is 30.0 Å². The van der Waals surface area contributed by atoms with Gasteiger partial charge in [-0.25, -0.2) is 0 Å². The molecular weight excluding hydrogens is 460 g/mol.